The number of hydrogen-bond acceptors (Lipinski definition) is 3. The van der Waals surface area contributed by atoms with Gasteiger partial charge in [-0.15, -0.1) is 0 Å². The van der Waals surface area contributed by atoms with Gasteiger partial charge in [0.15, 0.2) is 0 Å². The van der Waals surface area contributed by atoms with Crippen LogP contribution in [-0.4, -0.2) is 36.2 Å². The molecular weight excluding hydrogens is 332 g/mol. The maximum atomic E-state index is 12.5. The Morgan fingerprint density at radius 1 is 1.15 bits per heavy atom. The first-order chi connectivity index (χ1) is 12.5. The number of hydrogen-bond donors (Lipinski definition) is 2. The lowest BCUT2D eigenvalue weighted by molar-refractivity contribution is 0.0697. The number of rotatable bonds is 7. The normalized spacial score (nSPS) is 11.5. The van der Waals surface area contributed by atoms with Crippen LogP contribution in [0.3, 0.4) is 0 Å². The molecule has 1 atom stereocenters. The van der Waals surface area contributed by atoms with Gasteiger partial charge in [0.05, 0.1) is 18.7 Å². The van der Waals surface area contributed by atoms with Crippen LogP contribution >= 0.6 is 0 Å². The summed E-state index contributed by atoms with van der Waals surface area (Å²) in [5, 5.41) is 11.8. The van der Waals surface area contributed by atoms with Gasteiger partial charge < -0.3 is 20.1 Å². The molecule has 0 spiro atoms. The van der Waals surface area contributed by atoms with Crippen LogP contribution < -0.4 is 10.1 Å². The molecule has 0 aromatic heterocycles. The Hall–Kier alpha value is -3.02. The van der Waals surface area contributed by atoms with E-state index in [2.05, 4.69) is 5.32 Å². The Bertz CT molecular complexity index is 759. The van der Waals surface area contributed by atoms with Gasteiger partial charge in [-0.3, -0.25) is 0 Å². The van der Waals surface area contributed by atoms with Gasteiger partial charge >= 0.3 is 12.0 Å². The minimum atomic E-state index is -0.970. The molecule has 0 radical (unpaired) electrons. The zero-order valence-corrected chi connectivity index (χ0v) is 15.2. The van der Waals surface area contributed by atoms with Crippen molar-refractivity contribution in [2.75, 3.05) is 14.2 Å². The first-order valence-electron chi connectivity index (χ1n) is 8.43. The van der Waals surface area contributed by atoms with Crippen molar-refractivity contribution in [1.82, 2.24) is 10.2 Å². The van der Waals surface area contributed by atoms with Crippen molar-refractivity contribution in [2.45, 2.75) is 25.9 Å². The predicted molar refractivity (Wildman–Crippen MR) is 99.4 cm³/mol. The Morgan fingerprint density at radius 2 is 1.81 bits per heavy atom. The number of amides is 2. The molecule has 2 aromatic rings. The van der Waals surface area contributed by atoms with Crippen LogP contribution in [0.1, 0.15) is 40.9 Å². The van der Waals surface area contributed by atoms with Crippen LogP contribution in [0, 0.1) is 0 Å². The van der Waals surface area contributed by atoms with E-state index in [9.17, 15) is 9.59 Å². The highest BCUT2D eigenvalue weighted by Crippen LogP contribution is 2.30. The summed E-state index contributed by atoms with van der Waals surface area (Å²) in [6, 6.07) is 13.8. The van der Waals surface area contributed by atoms with Crippen LogP contribution in [0.15, 0.2) is 48.5 Å². The van der Waals surface area contributed by atoms with Crippen LogP contribution in [0.5, 0.6) is 5.75 Å². The molecule has 0 heterocycles. The Balaban J connectivity index is 2.04. The Labute approximate surface area is 153 Å². The largest absolute Gasteiger partial charge is 0.496 e. The third-order valence-corrected chi connectivity index (χ3v) is 4.32. The summed E-state index contributed by atoms with van der Waals surface area (Å²) in [5.41, 5.74) is 2.02. The number of carboxylic acids is 1. The lowest BCUT2D eigenvalue weighted by atomic mass is 10.0. The maximum Gasteiger partial charge on any atom is 0.335 e. The summed E-state index contributed by atoms with van der Waals surface area (Å²) >= 11 is 0. The number of benzene rings is 2. The fourth-order valence-corrected chi connectivity index (χ4v) is 2.85. The van der Waals surface area contributed by atoms with E-state index < -0.39 is 5.97 Å². The van der Waals surface area contributed by atoms with Crippen LogP contribution in [0.4, 0.5) is 4.79 Å². The van der Waals surface area contributed by atoms with E-state index in [0.717, 1.165) is 23.3 Å². The first kappa shape index (κ1) is 19.3. The molecule has 6 nitrogen and oxygen atoms in total. The second kappa shape index (κ2) is 8.89. The number of carboxylic acid groups (broad SMARTS) is 1. The lowest BCUT2D eigenvalue weighted by Gasteiger charge is -2.29. The van der Waals surface area contributed by atoms with Gasteiger partial charge in [-0.25, -0.2) is 9.59 Å². The van der Waals surface area contributed by atoms with Crippen molar-refractivity contribution in [3.8, 4) is 5.75 Å². The quantitative estimate of drug-likeness (QED) is 0.793. The molecule has 26 heavy (non-hydrogen) atoms. The van der Waals surface area contributed by atoms with Crippen LogP contribution in [0.2, 0.25) is 0 Å². The highest BCUT2D eigenvalue weighted by molar-refractivity contribution is 5.87. The Kier molecular flexibility index (Phi) is 6.60. The third-order valence-electron chi connectivity index (χ3n) is 4.32. The average Bonchev–Trinajstić information content (AvgIpc) is 2.67. The lowest BCUT2D eigenvalue weighted by Crippen LogP contribution is -2.39. The van der Waals surface area contributed by atoms with Gasteiger partial charge in [-0.05, 0) is 30.2 Å². The zero-order valence-electron chi connectivity index (χ0n) is 15.2. The maximum absolute atomic E-state index is 12.5. The standard InChI is InChI=1S/C20H24N2O4/c1-4-17(16-7-5-6-8-18(16)26-3)22(2)20(25)21-13-14-9-11-15(12-10-14)19(23)24/h5-12,17H,4,13H2,1-3H3,(H,21,25)(H,23,24). The summed E-state index contributed by atoms with van der Waals surface area (Å²) in [7, 11) is 3.37. The summed E-state index contributed by atoms with van der Waals surface area (Å²) in [6.45, 7) is 2.34. The molecule has 2 amide bonds. The van der Waals surface area contributed by atoms with E-state index in [0.29, 0.717) is 6.54 Å². The average molecular weight is 356 g/mol. The molecule has 0 aliphatic carbocycles. The summed E-state index contributed by atoms with van der Waals surface area (Å²) < 4.78 is 5.41. The SMILES string of the molecule is CCC(c1ccccc1OC)N(C)C(=O)NCc1ccc(C(=O)O)cc1. The molecule has 0 saturated heterocycles. The van der Waals surface area contributed by atoms with Crippen molar-refractivity contribution >= 4 is 12.0 Å². The highest BCUT2D eigenvalue weighted by Gasteiger charge is 2.22. The van der Waals surface area contributed by atoms with E-state index in [1.165, 1.54) is 12.1 Å². The molecule has 1 unspecified atom stereocenters. The van der Waals surface area contributed by atoms with Gasteiger partial charge in [0.1, 0.15) is 5.75 Å². The fourth-order valence-electron chi connectivity index (χ4n) is 2.85. The molecule has 2 N–H and O–H groups in total. The second-order valence-electron chi connectivity index (χ2n) is 5.94. The van der Waals surface area contributed by atoms with Gasteiger partial charge in [-0.1, -0.05) is 37.3 Å². The van der Waals surface area contributed by atoms with Gasteiger partial charge in [0.25, 0.3) is 0 Å². The number of carbonyl (C=O) groups excluding carboxylic acids is 1. The van der Waals surface area contributed by atoms with Crippen LogP contribution in [-0.2, 0) is 6.54 Å². The molecule has 0 saturated carbocycles. The van der Waals surface area contributed by atoms with Gasteiger partial charge in [0.2, 0.25) is 0 Å². The summed E-state index contributed by atoms with van der Waals surface area (Å²) in [4.78, 5) is 25.1. The van der Waals surface area contributed by atoms with E-state index in [-0.39, 0.29) is 17.6 Å². The van der Waals surface area contributed by atoms with E-state index >= 15 is 0 Å². The third kappa shape index (κ3) is 4.53. The smallest absolute Gasteiger partial charge is 0.335 e. The van der Waals surface area contributed by atoms with E-state index in [1.807, 2.05) is 31.2 Å². The zero-order chi connectivity index (χ0) is 19.1. The number of methoxy groups -OCH3 is 1. The fraction of sp³-hybridized carbons (Fsp3) is 0.300. The molecule has 0 aliphatic heterocycles. The minimum Gasteiger partial charge on any atom is -0.496 e. The molecule has 138 valence electrons. The number of carbonyl (C=O) groups is 2. The van der Waals surface area contributed by atoms with Gasteiger partial charge in [0, 0.05) is 19.2 Å². The van der Waals surface area contributed by atoms with Crippen molar-refractivity contribution in [2.24, 2.45) is 0 Å². The van der Waals surface area contributed by atoms with Crippen molar-refractivity contribution in [3.63, 3.8) is 0 Å². The van der Waals surface area contributed by atoms with Crippen molar-refractivity contribution in [3.05, 3.63) is 65.2 Å². The number of nitrogens with zero attached hydrogens (tertiary/aromatic N) is 1. The molecule has 6 heteroatoms. The number of aromatic carboxylic acids is 1. The minimum absolute atomic E-state index is 0.111. The van der Waals surface area contributed by atoms with Crippen molar-refractivity contribution < 1.29 is 19.4 Å². The monoisotopic (exact) mass is 356 g/mol. The van der Waals surface area contributed by atoms with Crippen LogP contribution in [0.25, 0.3) is 0 Å². The number of ether oxygens (including phenoxy) is 1. The summed E-state index contributed by atoms with van der Waals surface area (Å²) in [6.07, 6.45) is 0.748. The first-order valence-corrected chi connectivity index (χ1v) is 8.43. The topological polar surface area (TPSA) is 78.9 Å². The molecule has 0 aliphatic rings. The molecule has 2 aromatic carbocycles. The summed E-state index contributed by atoms with van der Waals surface area (Å²) in [5.74, 6) is -0.217. The molecule has 0 fully saturated rings. The van der Waals surface area contributed by atoms with Gasteiger partial charge in [-0.2, -0.15) is 0 Å². The molecule has 2 rings (SSSR count). The molecule has 0 bridgehead atoms. The number of nitrogens with one attached hydrogen (secondary N) is 1. The predicted octanol–water partition coefficient (Wildman–Crippen LogP) is 3.69. The van der Waals surface area contributed by atoms with E-state index in [1.54, 1.807) is 31.2 Å². The number of urea groups is 1. The number of para-hydroxylation sites is 1. The molecular formula is C20H24N2O4. The Morgan fingerprint density at radius 3 is 2.38 bits per heavy atom. The highest BCUT2D eigenvalue weighted by atomic mass is 16.5. The van der Waals surface area contributed by atoms with Crippen molar-refractivity contribution in [1.29, 1.82) is 0 Å². The second-order valence-corrected chi connectivity index (χ2v) is 5.94. The van der Waals surface area contributed by atoms with E-state index in [4.69, 9.17) is 9.84 Å².